The number of carbonyl (C=O) groups excluding carboxylic acids is 1. The fourth-order valence-electron chi connectivity index (χ4n) is 3.49. The van der Waals surface area contributed by atoms with Gasteiger partial charge in [0.1, 0.15) is 11.3 Å². The van der Waals surface area contributed by atoms with Crippen LogP contribution in [-0.4, -0.2) is 49.8 Å². The number of aryl methyl sites for hydroxylation is 1. The lowest BCUT2D eigenvalue weighted by Gasteiger charge is -2.45. The molecule has 2 fully saturated rings. The van der Waals surface area contributed by atoms with Gasteiger partial charge >= 0.3 is 0 Å². The summed E-state index contributed by atoms with van der Waals surface area (Å²) in [6.07, 6.45) is 5.15. The van der Waals surface area contributed by atoms with Crippen molar-refractivity contribution < 1.29 is 17.7 Å². The molecule has 2 aliphatic rings. The highest BCUT2D eigenvalue weighted by molar-refractivity contribution is 7.88. The smallest absolute Gasteiger partial charge is 0.259 e. The molecular formula is C13H19N3O4S. The minimum atomic E-state index is -3.15. The van der Waals surface area contributed by atoms with Crippen LogP contribution in [0, 0.1) is 12.3 Å². The number of amides is 1. The molecule has 0 aromatic carbocycles. The van der Waals surface area contributed by atoms with Gasteiger partial charge < -0.3 is 9.42 Å². The molecule has 1 aliphatic carbocycles. The molecule has 0 atom stereocenters. The molecule has 0 unspecified atom stereocenters. The molecule has 2 heterocycles. The Balaban J connectivity index is 1.60. The van der Waals surface area contributed by atoms with Crippen LogP contribution in [-0.2, 0) is 10.0 Å². The third kappa shape index (κ3) is 2.82. The number of rotatable bonds is 3. The second kappa shape index (κ2) is 4.81. The molecule has 21 heavy (non-hydrogen) atoms. The van der Waals surface area contributed by atoms with Crippen LogP contribution in [0.3, 0.4) is 0 Å². The van der Waals surface area contributed by atoms with E-state index in [2.05, 4.69) is 9.88 Å². The van der Waals surface area contributed by atoms with Gasteiger partial charge in [-0.25, -0.2) is 13.1 Å². The molecule has 1 saturated heterocycles. The summed E-state index contributed by atoms with van der Waals surface area (Å²) in [5.41, 5.74) is 0.584. The lowest BCUT2D eigenvalue weighted by Crippen LogP contribution is -2.51. The third-order valence-electron chi connectivity index (χ3n) is 4.45. The molecule has 1 N–H and O–H groups in total. The van der Waals surface area contributed by atoms with Gasteiger partial charge in [-0.2, -0.15) is 0 Å². The normalized spacial score (nSPS) is 28.9. The molecule has 7 nitrogen and oxygen atoms in total. The van der Waals surface area contributed by atoms with Gasteiger partial charge in [0.25, 0.3) is 5.91 Å². The van der Waals surface area contributed by atoms with Crippen molar-refractivity contribution in [1.29, 1.82) is 0 Å². The van der Waals surface area contributed by atoms with Gasteiger partial charge in [-0.15, -0.1) is 0 Å². The van der Waals surface area contributed by atoms with Gasteiger partial charge in [-0.3, -0.25) is 4.79 Å². The predicted octanol–water partition coefficient (Wildman–Crippen LogP) is 0.527. The molecule has 8 heteroatoms. The zero-order chi connectivity index (χ0) is 15.3. The number of aromatic nitrogens is 1. The minimum Gasteiger partial charge on any atom is -0.361 e. The number of hydrogen-bond donors (Lipinski definition) is 1. The lowest BCUT2D eigenvalue weighted by molar-refractivity contribution is 0.0686. The average Bonchev–Trinajstić information content (AvgIpc) is 2.92. The van der Waals surface area contributed by atoms with Gasteiger partial charge in [-0.05, 0) is 31.6 Å². The van der Waals surface area contributed by atoms with Crippen molar-refractivity contribution in [3.8, 4) is 0 Å². The Morgan fingerprint density at radius 2 is 2.24 bits per heavy atom. The van der Waals surface area contributed by atoms with E-state index >= 15 is 0 Å². The molecule has 116 valence electrons. The molecule has 1 spiro atoms. The maximum atomic E-state index is 12.4. The predicted molar refractivity (Wildman–Crippen MR) is 75.2 cm³/mol. The first-order valence-corrected chi connectivity index (χ1v) is 8.85. The van der Waals surface area contributed by atoms with Crippen LogP contribution in [0.4, 0.5) is 0 Å². The van der Waals surface area contributed by atoms with Crippen molar-refractivity contribution in [2.45, 2.75) is 32.2 Å². The van der Waals surface area contributed by atoms with Crippen LogP contribution in [0.2, 0.25) is 0 Å². The first-order chi connectivity index (χ1) is 9.78. The zero-order valence-corrected chi connectivity index (χ0v) is 12.9. The van der Waals surface area contributed by atoms with E-state index in [4.69, 9.17) is 4.52 Å². The number of sulfonamides is 1. The van der Waals surface area contributed by atoms with Crippen molar-refractivity contribution >= 4 is 15.9 Å². The van der Waals surface area contributed by atoms with Crippen molar-refractivity contribution in [1.82, 2.24) is 14.8 Å². The monoisotopic (exact) mass is 313 g/mol. The summed E-state index contributed by atoms with van der Waals surface area (Å²) in [5, 5.41) is 3.64. The Morgan fingerprint density at radius 1 is 1.52 bits per heavy atom. The van der Waals surface area contributed by atoms with Crippen LogP contribution in [0.15, 0.2) is 10.7 Å². The highest BCUT2D eigenvalue weighted by Gasteiger charge is 2.50. The molecule has 1 amide bonds. The fraction of sp³-hybridized carbons (Fsp3) is 0.692. The summed E-state index contributed by atoms with van der Waals surface area (Å²) in [6.45, 7) is 3.11. The highest BCUT2D eigenvalue weighted by atomic mass is 32.2. The molecule has 3 rings (SSSR count). The first kappa shape index (κ1) is 14.5. The Morgan fingerprint density at radius 3 is 2.81 bits per heavy atom. The van der Waals surface area contributed by atoms with Crippen LogP contribution >= 0.6 is 0 Å². The Hall–Kier alpha value is -1.41. The number of hydrogen-bond acceptors (Lipinski definition) is 5. The quantitative estimate of drug-likeness (QED) is 0.878. The van der Waals surface area contributed by atoms with Gasteiger partial charge in [0.2, 0.25) is 10.0 Å². The Kier molecular flexibility index (Phi) is 3.32. The third-order valence-corrected chi connectivity index (χ3v) is 5.21. The maximum absolute atomic E-state index is 12.4. The van der Waals surface area contributed by atoms with Gasteiger partial charge in [0.15, 0.2) is 0 Å². The zero-order valence-electron chi connectivity index (χ0n) is 12.1. The van der Waals surface area contributed by atoms with E-state index in [0.717, 1.165) is 19.3 Å². The Labute approximate surface area is 123 Å². The topological polar surface area (TPSA) is 92.5 Å². The molecular weight excluding hydrogens is 294 g/mol. The standard InChI is InChI=1S/C13H19N3O4S/c1-9-11(7-14-20-9)12(17)16-4-3-13(8-16)5-10(6-13)15-21(2,18)19/h7,10,15H,3-6,8H2,1-2H3. The second-order valence-electron chi connectivity index (χ2n) is 6.27. The van der Waals surface area contributed by atoms with E-state index in [-0.39, 0.29) is 17.4 Å². The molecule has 1 aromatic rings. The second-order valence-corrected chi connectivity index (χ2v) is 8.05. The van der Waals surface area contributed by atoms with Crippen molar-refractivity contribution in [2.24, 2.45) is 5.41 Å². The maximum Gasteiger partial charge on any atom is 0.259 e. The first-order valence-electron chi connectivity index (χ1n) is 6.96. The minimum absolute atomic E-state index is 0.00683. The molecule has 1 saturated carbocycles. The van der Waals surface area contributed by atoms with Crippen LogP contribution in [0.5, 0.6) is 0 Å². The van der Waals surface area contributed by atoms with Crippen LogP contribution in [0.25, 0.3) is 0 Å². The van der Waals surface area contributed by atoms with E-state index in [9.17, 15) is 13.2 Å². The molecule has 1 aromatic heterocycles. The summed E-state index contributed by atoms with van der Waals surface area (Å²) in [5.74, 6) is 0.483. The van der Waals surface area contributed by atoms with Gasteiger partial charge in [-0.1, -0.05) is 5.16 Å². The van der Waals surface area contributed by atoms with Crippen molar-refractivity contribution in [3.05, 3.63) is 17.5 Å². The highest BCUT2D eigenvalue weighted by Crippen LogP contribution is 2.48. The van der Waals surface area contributed by atoms with E-state index in [1.165, 1.54) is 12.5 Å². The summed E-state index contributed by atoms with van der Waals surface area (Å²) in [6, 6.07) is 0.00683. The number of nitrogens with one attached hydrogen (secondary N) is 1. The van der Waals surface area contributed by atoms with Crippen molar-refractivity contribution in [2.75, 3.05) is 19.3 Å². The summed E-state index contributed by atoms with van der Waals surface area (Å²) in [4.78, 5) is 14.2. The summed E-state index contributed by atoms with van der Waals surface area (Å²) in [7, 11) is -3.15. The fourth-order valence-corrected chi connectivity index (χ4v) is 4.26. The van der Waals surface area contributed by atoms with Gasteiger partial charge in [0.05, 0.1) is 12.5 Å². The van der Waals surface area contributed by atoms with Crippen LogP contribution in [0.1, 0.15) is 35.4 Å². The number of carbonyl (C=O) groups is 1. The Bertz CT molecular complexity index is 661. The summed E-state index contributed by atoms with van der Waals surface area (Å²) < 4.78 is 30.0. The van der Waals surface area contributed by atoms with E-state index in [0.29, 0.717) is 24.4 Å². The summed E-state index contributed by atoms with van der Waals surface area (Å²) >= 11 is 0. The molecule has 0 radical (unpaired) electrons. The number of nitrogens with zero attached hydrogens (tertiary/aromatic N) is 2. The lowest BCUT2D eigenvalue weighted by atomic mass is 9.65. The molecule has 0 bridgehead atoms. The largest absolute Gasteiger partial charge is 0.361 e. The van der Waals surface area contributed by atoms with Gasteiger partial charge in [0, 0.05) is 19.1 Å². The van der Waals surface area contributed by atoms with Crippen LogP contribution < -0.4 is 4.72 Å². The number of likely N-dealkylation sites (tertiary alicyclic amines) is 1. The van der Waals surface area contributed by atoms with E-state index in [1.807, 2.05) is 4.90 Å². The average molecular weight is 313 g/mol. The van der Waals surface area contributed by atoms with E-state index in [1.54, 1.807) is 6.92 Å². The molecule has 1 aliphatic heterocycles. The van der Waals surface area contributed by atoms with E-state index < -0.39 is 10.0 Å². The van der Waals surface area contributed by atoms with Crippen molar-refractivity contribution in [3.63, 3.8) is 0 Å². The SMILES string of the molecule is Cc1oncc1C(=O)N1CCC2(CC(NS(C)(=O)=O)C2)C1.